The summed E-state index contributed by atoms with van der Waals surface area (Å²) in [5, 5.41) is 14.4. The minimum absolute atomic E-state index is 0.105. The zero-order valence-electron chi connectivity index (χ0n) is 26.7. The summed E-state index contributed by atoms with van der Waals surface area (Å²) in [4.78, 5) is 61.1. The number of fused-ring (bicyclic) bond motifs is 3. The summed E-state index contributed by atoms with van der Waals surface area (Å²) in [7, 11) is 0. The Bertz CT molecular complexity index is 2130. The van der Waals surface area contributed by atoms with E-state index in [1.54, 1.807) is 11.5 Å². The normalized spacial score (nSPS) is 19.4. The number of hydrogen-bond donors (Lipinski definition) is 2. The highest BCUT2D eigenvalue weighted by Gasteiger charge is 2.45. The number of pyridine rings is 1. The summed E-state index contributed by atoms with van der Waals surface area (Å²) in [5.74, 6) is -0.740. The number of rotatable bonds is 6. The number of piperazine rings is 1. The molecular formula is C30H30ClF3N11O5+. The highest BCUT2D eigenvalue weighted by molar-refractivity contribution is 6.31. The molecule has 7 heterocycles. The van der Waals surface area contributed by atoms with Crippen LogP contribution in [-0.2, 0) is 10.9 Å². The Morgan fingerprint density at radius 2 is 1.92 bits per heavy atom. The van der Waals surface area contributed by atoms with Gasteiger partial charge in [-0.25, -0.2) is 19.5 Å². The van der Waals surface area contributed by atoms with Crippen LogP contribution in [0.4, 0.5) is 24.5 Å². The second-order valence-corrected chi connectivity index (χ2v) is 12.5. The van der Waals surface area contributed by atoms with Crippen molar-refractivity contribution in [2.45, 2.75) is 44.9 Å². The Hall–Kier alpha value is -5.17. The van der Waals surface area contributed by atoms with Crippen molar-refractivity contribution in [1.82, 2.24) is 39.0 Å². The average molecular weight is 717 g/mol. The largest absolute Gasteiger partial charge is 0.504 e. The van der Waals surface area contributed by atoms with Crippen molar-refractivity contribution in [3.8, 4) is 5.75 Å². The molecular weight excluding hydrogens is 687 g/mol. The summed E-state index contributed by atoms with van der Waals surface area (Å²) in [6.07, 6.45) is -2.03. The zero-order valence-corrected chi connectivity index (χ0v) is 27.4. The number of amides is 1. The number of carbonyl (C=O) groups excluding carboxylic acids is 1. The molecule has 0 spiro atoms. The second-order valence-electron chi connectivity index (χ2n) is 12.1. The molecule has 3 aliphatic rings. The molecule has 3 aliphatic heterocycles. The van der Waals surface area contributed by atoms with Crippen molar-refractivity contribution in [3.63, 3.8) is 0 Å². The summed E-state index contributed by atoms with van der Waals surface area (Å²) >= 11 is 6.05. The predicted molar refractivity (Wildman–Crippen MR) is 171 cm³/mol. The first-order valence-corrected chi connectivity index (χ1v) is 16.0. The number of hydrazine groups is 1. The lowest BCUT2D eigenvalue weighted by molar-refractivity contribution is -0.580. The van der Waals surface area contributed by atoms with Gasteiger partial charge in [0.05, 0.1) is 29.5 Å². The molecule has 262 valence electrons. The third-order valence-corrected chi connectivity index (χ3v) is 9.30. The van der Waals surface area contributed by atoms with Gasteiger partial charge >= 0.3 is 12.3 Å². The lowest BCUT2D eigenvalue weighted by atomic mass is 10.0. The van der Waals surface area contributed by atoms with Crippen LogP contribution in [-0.4, -0.2) is 94.3 Å². The van der Waals surface area contributed by atoms with Gasteiger partial charge in [-0.05, 0) is 31.1 Å². The number of aromatic hydroxyl groups is 1. The van der Waals surface area contributed by atoms with Crippen LogP contribution in [0.5, 0.6) is 5.75 Å². The molecule has 2 atom stereocenters. The first-order valence-electron chi connectivity index (χ1n) is 15.7. The topological polar surface area (TPSA) is 176 Å². The van der Waals surface area contributed by atoms with Gasteiger partial charge in [0.25, 0.3) is 11.5 Å². The number of halogens is 4. The minimum atomic E-state index is -4.73. The third kappa shape index (κ3) is 5.78. The number of ether oxygens (including phenoxy) is 1. The van der Waals surface area contributed by atoms with E-state index in [9.17, 15) is 32.8 Å². The molecule has 1 saturated heterocycles. The lowest BCUT2D eigenvalue weighted by Crippen LogP contribution is -2.51. The summed E-state index contributed by atoms with van der Waals surface area (Å²) < 4.78 is 47.7. The minimum Gasteiger partial charge on any atom is -0.504 e. The predicted octanol–water partition coefficient (Wildman–Crippen LogP) is 3.34. The highest BCUT2D eigenvalue weighted by atomic mass is 35.5. The maximum atomic E-state index is 14.3. The molecule has 1 fully saturated rings. The summed E-state index contributed by atoms with van der Waals surface area (Å²) in [6, 6.07) is 1.73. The van der Waals surface area contributed by atoms with Gasteiger partial charge in [0.1, 0.15) is 28.3 Å². The lowest BCUT2D eigenvalue weighted by Gasteiger charge is -2.36. The van der Waals surface area contributed by atoms with Crippen molar-refractivity contribution >= 4 is 40.2 Å². The van der Waals surface area contributed by atoms with E-state index in [1.165, 1.54) is 11.2 Å². The fourth-order valence-electron chi connectivity index (χ4n) is 6.46. The molecule has 16 nitrogen and oxygen atoms in total. The molecule has 0 aromatic carbocycles. The first kappa shape index (κ1) is 33.3. The van der Waals surface area contributed by atoms with Crippen LogP contribution in [0.3, 0.4) is 0 Å². The first-order chi connectivity index (χ1) is 23.8. The van der Waals surface area contributed by atoms with E-state index in [-0.39, 0.29) is 72.8 Å². The molecule has 1 amide bonds. The van der Waals surface area contributed by atoms with Gasteiger partial charge in [0.15, 0.2) is 22.4 Å². The molecule has 2 N–H and O–H groups in total. The molecule has 0 bridgehead atoms. The number of aromatic nitrogens is 7. The molecule has 0 aliphatic carbocycles. The van der Waals surface area contributed by atoms with Crippen LogP contribution in [0.1, 0.15) is 65.2 Å². The van der Waals surface area contributed by atoms with E-state index in [0.717, 1.165) is 16.2 Å². The Kier molecular flexibility index (Phi) is 8.41. The Balaban J connectivity index is 1.26. The van der Waals surface area contributed by atoms with Gasteiger partial charge in [-0.2, -0.15) is 22.7 Å². The SMILES string of the molecule is Cc1ncnc(C(=O)N2CCN(c3c4n(c5nc(C6=CCOCC6)nn5c3=O)[C@@H]([N+](=O)Nc3ccc(C(F)(F)F)nc3Cl)C[C@H]4C)CC2)c1O. The number of nitrogens with one attached hydrogen (secondary N) is 1. The van der Waals surface area contributed by atoms with Crippen molar-refractivity contribution < 1.29 is 32.7 Å². The van der Waals surface area contributed by atoms with Crippen LogP contribution in [0.15, 0.2) is 29.3 Å². The zero-order chi connectivity index (χ0) is 35.5. The molecule has 7 rings (SSSR count). The van der Waals surface area contributed by atoms with E-state index >= 15 is 0 Å². The fraction of sp³-hybridized carbons (Fsp3) is 0.433. The number of carbonyl (C=O) groups is 1. The number of aryl methyl sites for hydroxylation is 1. The smallest absolute Gasteiger partial charge is 0.433 e. The Labute approximate surface area is 285 Å². The quantitative estimate of drug-likeness (QED) is 0.169. The van der Waals surface area contributed by atoms with Crippen LogP contribution >= 0.6 is 11.6 Å². The van der Waals surface area contributed by atoms with Crippen LogP contribution in [0, 0.1) is 11.8 Å². The van der Waals surface area contributed by atoms with Gasteiger partial charge in [0, 0.05) is 38.5 Å². The van der Waals surface area contributed by atoms with E-state index in [1.807, 2.05) is 17.9 Å². The van der Waals surface area contributed by atoms with Crippen molar-refractivity contribution in [3.05, 3.63) is 73.6 Å². The van der Waals surface area contributed by atoms with Crippen LogP contribution < -0.4 is 15.9 Å². The Morgan fingerprint density at radius 1 is 1.16 bits per heavy atom. The van der Waals surface area contributed by atoms with Crippen molar-refractivity contribution in [2.24, 2.45) is 0 Å². The molecule has 20 heteroatoms. The Morgan fingerprint density at radius 3 is 2.60 bits per heavy atom. The van der Waals surface area contributed by atoms with Gasteiger partial charge in [-0.3, -0.25) is 9.59 Å². The maximum Gasteiger partial charge on any atom is 0.433 e. The molecule has 4 aromatic rings. The second kappa shape index (κ2) is 12.6. The van der Waals surface area contributed by atoms with Crippen LogP contribution in [0.2, 0.25) is 5.15 Å². The van der Waals surface area contributed by atoms with Gasteiger partial charge < -0.3 is 19.6 Å². The average Bonchev–Trinajstić information content (AvgIpc) is 3.69. The maximum absolute atomic E-state index is 14.3. The van der Waals surface area contributed by atoms with E-state index in [2.05, 4.69) is 25.5 Å². The molecule has 4 aromatic heterocycles. The monoisotopic (exact) mass is 716 g/mol. The van der Waals surface area contributed by atoms with Crippen LogP contribution in [0.25, 0.3) is 11.4 Å². The van der Waals surface area contributed by atoms with Crippen molar-refractivity contribution in [2.75, 3.05) is 49.7 Å². The third-order valence-electron chi connectivity index (χ3n) is 9.01. The van der Waals surface area contributed by atoms with Gasteiger partial charge in [-0.1, -0.05) is 24.6 Å². The number of anilines is 2. The van der Waals surface area contributed by atoms with E-state index in [0.29, 0.717) is 42.1 Å². The van der Waals surface area contributed by atoms with E-state index < -0.39 is 34.7 Å². The molecule has 0 radical (unpaired) electrons. The molecule has 0 saturated carbocycles. The number of hydrogen-bond acceptors (Lipinski definition) is 11. The highest BCUT2D eigenvalue weighted by Crippen LogP contribution is 2.42. The van der Waals surface area contributed by atoms with Crippen molar-refractivity contribution in [1.29, 1.82) is 0 Å². The fourth-order valence-corrected chi connectivity index (χ4v) is 6.66. The summed E-state index contributed by atoms with van der Waals surface area (Å²) in [6.45, 7) is 5.06. The molecule has 0 unspecified atom stereocenters. The summed E-state index contributed by atoms with van der Waals surface area (Å²) in [5.41, 5.74) is 2.42. The standard InChI is InChI=1S/C30H29ClF3N11O5/c1-15-13-20(45(49)39-18-3-4-19(30(32,33)34)37-25(18)31)43-22(15)23(28(48)44-29(43)38-26(40-44)17-5-11-50-12-6-17)41-7-9-42(10-8-41)27(47)21-24(46)16(2)35-14-36-21/h3-5,14-15,20H,6-13H2,1-2H3,(H-,39,46,47,49)/p+1/t15-,20+/m1/s1. The number of alkyl halides is 3. The number of nitrogens with zero attached hydrogens (tertiary/aromatic N) is 10. The molecule has 50 heavy (non-hydrogen) atoms. The number of nitroso groups, excluding NO2 is 1. The van der Waals surface area contributed by atoms with Gasteiger partial charge in [-0.15, -0.1) is 10.5 Å². The van der Waals surface area contributed by atoms with Gasteiger partial charge in [0.2, 0.25) is 5.78 Å². The van der Waals surface area contributed by atoms with E-state index in [4.69, 9.17) is 21.3 Å².